The highest BCUT2D eigenvalue weighted by Crippen LogP contribution is 2.33. The molecule has 0 spiro atoms. The number of amides is 1. The quantitative estimate of drug-likeness (QED) is 0.0295. The molecule has 1 amide bonds. The summed E-state index contributed by atoms with van der Waals surface area (Å²) >= 11 is 0. The number of hydrogen-bond donors (Lipinski definition) is 12. The molecule has 0 bridgehead atoms. The summed E-state index contributed by atoms with van der Waals surface area (Å²) in [4.78, 5) is 13.3. The van der Waals surface area contributed by atoms with Crippen molar-refractivity contribution in [3.63, 3.8) is 0 Å². The third-order valence-corrected chi connectivity index (χ3v) is 14.7. The molecule has 19 heteroatoms. The molecule has 12 N–H and O–H groups in total. The van der Waals surface area contributed by atoms with Crippen LogP contribution in [0.5, 0.6) is 0 Å². The number of aliphatic hydroxyl groups excluding tert-OH is 11. The van der Waals surface area contributed by atoms with Crippen LogP contribution in [-0.4, -0.2) is 193 Å². The molecule has 3 rings (SSSR count). The Balaban J connectivity index is 1.52. The van der Waals surface area contributed by atoms with Crippen molar-refractivity contribution in [3.05, 3.63) is 36.5 Å². The Hall–Kier alpha value is -1.99. The van der Waals surface area contributed by atoms with Crippen LogP contribution < -0.4 is 5.32 Å². The van der Waals surface area contributed by atoms with Gasteiger partial charge in [0, 0.05) is 6.42 Å². The van der Waals surface area contributed by atoms with Crippen LogP contribution in [0.4, 0.5) is 0 Å². The van der Waals surface area contributed by atoms with Crippen molar-refractivity contribution in [1.82, 2.24) is 5.32 Å². The fourth-order valence-electron chi connectivity index (χ4n) is 9.91. The lowest BCUT2D eigenvalue weighted by molar-refractivity contribution is -0.379. The second kappa shape index (κ2) is 41.1. The maximum Gasteiger partial charge on any atom is 0.220 e. The summed E-state index contributed by atoms with van der Waals surface area (Å²) in [6.07, 6.45) is 15.1. The molecule has 0 radical (unpaired) electrons. The lowest BCUT2D eigenvalue weighted by atomic mass is 9.96. The lowest BCUT2D eigenvalue weighted by Crippen LogP contribution is -2.66. The second-order valence-electron chi connectivity index (χ2n) is 21.1. The van der Waals surface area contributed by atoms with Crippen LogP contribution >= 0.6 is 0 Å². The Bertz CT molecular complexity index is 1540. The van der Waals surface area contributed by atoms with E-state index in [4.69, 9.17) is 28.4 Å². The summed E-state index contributed by atoms with van der Waals surface area (Å²) < 4.78 is 34.3. The van der Waals surface area contributed by atoms with E-state index in [2.05, 4.69) is 55.6 Å². The topological polar surface area (TPSA) is 307 Å². The number of ether oxygens (including phenoxy) is 6. The van der Waals surface area contributed by atoms with E-state index in [0.717, 1.165) is 77.0 Å². The van der Waals surface area contributed by atoms with Crippen molar-refractivity contribution < 1.29 is 89.4 Å². The second-order valence-corrected chi connectivity index (χ2v) is 21.1. The molecule has 3 fully saturated rings. The van der Waals surface area contributed by atoms with Crippen LogP contribution in [0, 0.1) is 0 Å². The van der Waals surface area contributed by atoms with Crippen molar-refractivity contribution in [3.8, 4) is 0 Å². The van der Waals surface area contributed by atoms with Crippen LogP contribution in [0.3, 0.4) is 0 Å². The average molecular weight is 1090 g/mol. The van der Waals surface area contributed by atoms with Crippen molar-refractivity contribution in [2.24, 2.45) is 0 Å². The molecule has 0 aromatic heterocycles. The predicted molar refractivity (Wildman–Crippen MR) is 286 cm³/mol. The molecule has 17 unspecified atom stereocenters. The minimum absolute atomic E-state index is 0.246. The van der Waals surface area contributed by atoms with Gasteiger partial charge in [0.1, 0.15) is 73.2 Å². The van der Waals surface area contributed by atoms with Gasteiger partial charge in [-0.25, -0.2) is 0 Å². The van der Waals surface area contributed by atoms with E-state index in [1.807, 2.05) is 0 Å². The Morgan fingerprint density at radius 1 is 0.487 bits per heavy atom. The first-order valence-corrected chi connectivity index (χ1v) is 29.2. The summed E-state index contributed by atoms with van der Waals surface area (Å²) in [6, 6.07) is -0.895. The van der Waals surface area contributed by atoms with Gasteiger partial charge in [-0.05, 0) is 44.9 Å². The van der Waals surface area contributed by atoms with E-state index in [9.17, 15) is 61.0 Å². The van der Waals surface area contributed by atoms with Gasteiger partial charge in [-0.1, -0.05) is 172 Å². The highest BCUT2D eigenvalue weighted by molar-refractivity contribution is 5.76. The highest BCUT2D eigenvalue weighted by Gasteiger charge is 2.53. The summed E-state index contributed by atoms with van der Waals surface area (Å²) in [7, 11) is 0. The molecule has 17 atom stereocenters. The van der Waals surface area contributed by atoms with E-state index >= 15 is 0 Å². The zero-order valence-electron chi connectivity index (χ0n) is 46.0. The number of allylic oxidation sites excluding steroid dienone is 6. The zero-order valence-corrected chi connectivity index (χ0v) is 46.0. The first kappa shape index (κ1) is 68.3. The van der Waals surface area contributed by atoms with E-state index in [0.29, 0.717) is 12.8 Å². The Kier molecular flexibility index (Phi) is 36.9. The van der Waals surface area contributed by atoms with Gasteiger partial charge in [0.25, 0.3) is 0 Å². The molecule has 0 aromatic carbocycles. The van der Waals surface area contributed by atoms with E-state index < -0.39 is 124 Å². The van der Waals surface area contributed by atoms with Crippen LogP contribution in [0.25, 0.3) is 0 Å². The zero-order chi connectivity index (χ0) is 55.5. The average Bonchev–Trinajstić information content (AvgIpc) is 3.41. The van der Waals surface area contributed by atoms with Gasteiger partial charge >= 0.3 is 0 Å². The number of carbonyl (C=O) groups excluding carboxylic acids is 1. The fraction of sp³-hybridized carbons (Fsp3) is 0.877. The summed E-state index contributed by atoms with van der Waals surface area (Å²) in [5.74, 6) is -0.261. The van der Waals surface area contributed by atoms with Crippen LogP contribution in [0.15, 0.2) is 36.5 Å². The molecule has 19 nitrogen and oxygen atoms in total. The molecular formula is C57H103NO18. The number of nitrogens with one attached hydrogen (secondary N) is 1. The summed E-state index contributed by atoms with van der Waals surface area (Å²) in [6.45, 7) is 1.65. The molecule has 0 aromatic rings. The van der Waals surface area contributed by atoms with Crippen molar-refractivity contribution in [1.29, 1.82) is 0 Å². The van der Waals surface area contributed by atoms with Gasteiger partial charge in [-0.2, -0.15) is 0 Å². The van der Waals surface area contributed by atoms with Crippen molar-refractivity contribution in [2.75, 3.05) is 26.4 Å². The number of unbranched alkanes of at least 4 members (excludes halogenated alkanes) is 20. The van der Waals surface area contributed by atoms with Gasteiger partial charge in [-0.3, -0.25) is 4.79 Å². The number of carbonyl (C=O) groups is 1. The van der Waals surface area contributed by atoms with Gasteiger partial charge in [0.05, 0.1) is 38.6 Å². The van der Waals surface area contributed by atoms with E-state index in [1.54, 1.807) is 0 Å². The van der Waals surface area contributed by atoms with Gasteiger partial charge < -0.3 is 89.9 Å². The minimum Gasteiger partial charge on any atom is -0.394 e. The van der Waals surface area contributed by atoms with Crippen LogP contribution in [-0.2, 0) is 33.2 Å². The standard InChI is InChI=1S/C57H103NO18/c1-3-5-7-9-11-13-15-17-19-21-22-24-26-28-30-32-34-41(62)40(58-45(63)35-33-31-29-27-25-23-20-18-16-14-12-10-8-6-4-2)39-71-55-51(69)48(66)53(43(37-60)73-55)76-57-52(70)49(67)54(44(38-61)74-57)75-56-50(68)47(65)46(64)42(36-59)72-56/h6,8,12,14,18,20,40-44,46-57,59-62,64-70H,3-5,7,9-11,13,15-17,19,21-39H2,1-2H3,(H,58,63)/b8-6-,14-12-,20-18-. The SMILES string of the molecule is CC/C=C\C/C=C\C/C=C\CCCCCCCC(=O)NC(COC1OC(CO)C(OC2OC(CO)C(OC3OC(CO)C(O)C(O)C3O)C(O)C2O)C(O)C1O)C(O)CCCCCCCCCCCCCCCCCC. The normalized spacial score (nSPS) is 31.2. The highest BCUT2D eigenvalue weighted by atomic mass is 16.8. The molecule has 444 valence electrons. The Morgan fingerprint density at radius 2 is 0.908 bits per heavy atom. The molecule has 3 heterocycles. The number of rotatable bonds is 42. The Morgan fingerprint density at radius 3 is 1.42 bits per heavy atom. The maximum absolute atomic E-state index is 13.3. The molecule has 0 saturated carbocycles. The van der Waals surface area contributed by atoms with Gasteiger partial charge in [-0.15, -0.1) is 0 Å². The predicted octanol–water partition coefficient (Wildman–Crippen LogP) is 4.54. The molecule has 3 saturated heterocycles. The van der Waals surface area contributed by atoms with E-state index in [-0.39, 0.29) is 18.9 Å². The number of aliphatic hydroxyl groups is 11. The van der Waals surface area contributed by atoms with Crippen molar-refractivity contribution in [2.45, 2.75) is 291 Å². The maximum atomic E-state index is 13.3. The monoisotopic (exact) mass is 1090 g/mol. The van der Waals surface area contributed by atoms with Crippen LogP contribution in [0.1, 0.15) is 187 Å². The largest absolute Gasteiger partial charge is 0.394 e. The lowest BCUT2D eigenvalue weighted by Gasteiger charge is -2.48. The molecular weight excluding hydrogens is 987 g/mol. The van der Waals surface area contributed by atoms with Gasteiger partial charge in [0.2, 0.25) is 5.91 Å². The molecule has 76 heavy (non-hydrogen) atoms. The first-order valence-electron chi connectivity index (χ1n) is 29.2. The molecule has 0 aliphatic carbocycles. The van der Waals surface area contributed by atoms with Crippen molar-refractivity contribution >= 4 is 5.91 Å². The summed E-state index contributed by atoms with van der Waals surface area (Å²) in [5, 5.41) is 120. The molecule has 3 aliphatic heterocycles. The van der Waals surface area contributed by atoms with Crippen LogP contribution in [0.2, 0.25) is 0 Å². The number of hydrogen-bond acceptors (Lipinski definition) is 18. The fourth-order valence-corrected chi connectivity index (χ4v) is 9.91. The smallest absolute Gasteiger partial charge is 0.220 e. The third-order valence-electron chi connectivity index (χ3n) is 14.7. The van der Waals surface area contributed by atoms with Gasteiger partial charge in [0.15, 0.2) is 18.9 Å². The Labute approximate surface area is 453 Å². The summed E-state index contributed by atoms with van der Waals surface area (Å²) in [5.41, 5.74) is 0. The van der Waals surface area contributed by atoms with E-state index in [1.165, 1.54) is 77.0 Å². The molecule has 3 aliphatic rings. The minimum atomic E-state index is -1.97. The first-order chi connectivity index (χ1) is 36.8. The third kappa shape index (κ3) is 25.2.